The summed E-state index contributed by atoms with van der Waals surface area (Å²) in [6, 6.07) is 0.754. The van der Waals surface area contributed by atoms with Crippen molar-refractivity contribution in [3.8, 4) is 0 Å². The SMILES string of the molecule is CCNC(CCC1CC2CCC1C2)C(C)C. The van der Waals surface area contributed by atoms with Crippen LogP contribution in [0.5, 0.6) is 0 Å². The van der Waals surface area contributed by atoms with E-state index in [4.69, 9.17) is 0 Å². The van der Waals surface area contributed by atoms with Gasteiger partial charge in [-0.3, -0.25) is 0 Å². The monoisotopic (exact) mass is 223 g/mol. The van der Waals surface area contributed by atoms with Gasteiger partial charge in [0.2, 0.25) is 0 Å². The van der Waals surface area contributed by atoms with E-state index in [1.807, 2.05) is 0 Å². The van der Waals surface area contributed by atoms with Crippen molar-refractivity contribution in [1.29, 1.82) is 0 Å². The fraction of sp³-hybridized carbons (Fsp3) is 1.00. The van der Waals surface area contributed by atoms with Gasteiger partial charge in [-0.05, 0) is 62.3 Å². The first-order valence-corrected chi connectivity index (χ1v) is 7.44. The van der Waals surface area contributed by atoms with Crippen molar-refractivity contribution in [2.24, 2.45) is 23.7 Å². The van der Waals surface area contributed by atoms with Gasteiger partial charge < -0.3 is 5.32 Å². The number of fused-ring (bicyclic) bond motifs is 2. The van der Waals surface area contributed by atoms with Gasteiger partial charge in [-0.15, -0.1) is 0 Å². The summed E-state index contributed by atoms with van der Waals surface area (Å²) >= 11 is 0. The summed E-state index contributed by atoms with van der Waals surface area (Å²) in [6.45, 7) is 8.06. The Hall–Kier alpha value is -0.0400. The summed E-state index contributed by atoms with van der Waals surface area (Å²) < 4.78 is 0. The zero-order valence-electron chi connectivity index (χ0n) is 11.3. The number of nitrogens with one attached hydrogen (secondary N) is 1. The molecule has 16 heavy (non-hydrogen) atoms. The molecule has 2 fully saturated rings. The Bertz CT molecular complexity index is 209. The predicted octanol–water partition coefficient (Wildman–Crippen LogP) is 3.84. The molecule has 4 unspecified atom stereocenters. The summed E-state index contributed by atoms with van der Waals surface area (Å²) in [5.41, 5.74) is 0. The number of rotatable bonds is 6. The summed E-state index contributed by atoms with van der Waals surface area (Å²) in [5, 5.41) is 3.65. The second-order valence-corrected chi connectivity index (χ2v) is 6.42. The van der Waals surface area contributed by atoms with E-state index >= 15 is 0 Å². The van der Waals surface area contributed by atoms with E-state index in [9.17, 15) is 0 Å². The topological polar surface area (TPSA) is 12.0 Å². The molecule has 0 aromatic carbocycles. The van der Waals surface area contributed by atoms with Gasteiger partial charge in [0.15, 0.2) is 0 Å². The molecule has 0 aromatic heterocycles. The van der Waals surface area contributed by atoms with Crippen LogP contribution in [0, 0.1) is 23.7 Å². The highest BCUT2D eigenvalue weighted by Gasteiger charge is 2.39. The summed E-state index contributed by atoms with van der Waals surface area (Å²) in [4.78, 5) is 0. The lowest BCUT2D eigenvalue weighted by molar-refractivity contribution is 0.275. The van der Waals surface area contributed by atoms with Crippen LogP contribution in [0.25, 0.3) is 0 Å². The van der Waals surface area contributed by atoms with E-state index in [1.165, 1.54) is 12.8 Å². The minimum Gasteiger partial charge on any atom is -0.314 e. The summed E-state index contributed by atoms with van der Waals surface area (Å²) in [7, 11) is 0. The van der Waals surface area contributed by atoms with E-state index in [-0.39, 0.29) is 0 Å². The molecule has 0 radical (unpaired) electrons. The Morgan fingerprint density at radius 2 is 2.00 bits per heavy atom. The number of hydrogen-bond acceptors (Lipinski definition) is 1. The molecule has 0 saturated heterocycles. The third-order valence-corrected chi connectivity index (χ3v) is 5.00. The quantitative estimate of drug-likeness (QED) is 0.721. The predicted molar refractivity (Wildman–Crippen MR) is 70.5 cm³/mol. The normalized spacial score (nSPS) is 34.9. The van der Waals surface area contributed by atoms with E-state index in [0.29, 0.717) is 0 Å². The van der Waals surface area contributed by atoms with Crippen LogP contribution in [0.1, 0.15) is 59.3 Å². The van der Waals surface area contributed by atoms with E-state index in [2.05, 4.69) is 26.1 Å². The summed E-state index contributed by atoms with van der Waals surface area (Å²) in [6.07, 6.45) is 9.10. The van der Waals surface area contributed by atoms with Crippen molar-refractivity contribution in [2.45, 2.75) is 65.3 Å². The van der Waals surface area contributed by atoms with Gasteiger partial charge in [-0.25, -0.2) is 0 Å². The van der Waals surface area contributed by atoms with Crippen LogP contribution >= 0.6 is 0 Å². The first-order chi connectivity index (χ1) is 7.70. The van der Waals surface area contributed by atoms with Crippen molar-refractivity contribution in [3.63, 3.8) is 0 Å². The molecule has 4 atom stereocenters. The molecule has 2 aliphatic carbocycles. The van der Waals surface area contributed by atoms with Crippen molar-refractivity contribution < 1.29 is 0 Å². The van der Waals surface area contributed by atoms with Crippen molar-refractivity contribution in [2.75, 3.05) is 6.54 Å². The smallest absolute Gasteiger partial charge is 0.00900 e. The highest BCUT2D eigenvalue weighted by molar-refractivity contribution is 4.90. The molecular formula is C15H29N. The highest BCUT2D eigenvalue weighted by Crippen LogP contribution is 2.50. The highest BCUT2D eigenvalue weighted by atomic mass is 14.9. The fourth-order valence-corrected chi connectivity index (χ4v) is 4.06. The molecular weight excluding hydrogens is 194 g/mol. The zero-order valence-corrected chi connectivity index (χ0v) is 11.3. The molecule has 1 nitrogen and oxygen atoms in total. The van der Waals surface area contributed by atoms with Crippen LogP contribution in [0.2, 0.25) is 0 Å². The second-order valence-electron chi connectivity index (χ2n) is 6.42. The van der Waals surface area contributed by atoms with Gasteiger partial charge in [-0.2, -0.15) is 0 Å². The lowest BCUT2D eigenvalue weighted by Crippen LogP contribution is -2.34. The Morgan fingerprint density at radius 1 is 1.19 bits per heavy atom. The Balaban J connectivity index is 1.73. The molecule has 0 aromatic rings. The molecule has 2 aliphatic rings. The van der Waals surface area contributed by atoms with Crippen molar-refractivity contribution >= 4 is 0 Å². The van der Waals surface area contributed by atoms with Crippen molar-refractivity contribution in [1.82, 2.24) is 5.32 Å². The number of hydrogen-bond donors (Lipinski definition) is 1. The van der Waals surface area contributed by atoms with Crippen LogP contribution < -0.4 is 5.32 Å². The minimum absolute atomic E-state index is 0.754. The fourth-order valence-electron chi connectivity index (χ4n) is 4.06. The van der Waals surface area contributed by atoms with Gasteiger partial charge >= 0.3 is 0 Å². The maximum Gasteiger partial charge on any atom is 0.00900 e. The van der Waals surface area contributed by atoms with Gasteiger partial charge in [0.25, 0.3) is 0 Å². The largest absolute Gasteiger partial charge is 0.314 e. The van der Waals surface area contributed by atoms with E-state index in [0.717, 1.165) is 36.3 Å². The third kappa shape index (κ3) is 2.80. The van der Waals surface area contributed by atoms with Crippen LogP contribution in [-0.4, -0.2) is 12.6 Å². The molecule has 2 bridgehead atoms. The molecule has 0 spiro atoms. The average molecular weight is 223 g/mol. The lowest BCUT2D eigenvalue weighted by atomic mass is 9.83. The summed E-state index contributed by atoms with van der Waals surface area (Å²) in [5.74, 6) is 4.10. The third-order valence-electron chi connectivity index (χ3n) is 5.00. The van der Waals surface area contributed by atoms with Gasteiger partial charge in [0.05, 0.1) is 0 Å². The van der Waals surface area contributed by atoms with Gasteiger partial charge in [0, 0.05) is 6.04 Å². The molecule has 2 rings (SSSR count). The van der Waals surface area contributed by atoms with Crippen LogP contribution in [0.3, 0.4) is 0 Å². The van der Waals surface area contributed by atoms with E-state index in [1.54, 1.807) is 25.7 Å². The molecule has 1 heteroatoms. The van der Waals surface area contributed by atoms with Gasteiger partial charge in [-0.1, -0.05) is 27.2 Å². The molecule has 1 N–H and O–H groups in total. The maximum absolute atomic E-state index is 3.65. The molecule has 94 valence electrons. The first-order valence-electron chi connectivity index (χ1n) is 7.44. The molecule has 0 aliphatic heterocycles. The van der Waals surface area contributed by atoms with Gasteiger partial charge in [0.1, 0.15) is 0 Å². The van der Waals surface area contributed by atoms with Crippen molar-refractivity contribution in [3.05, 3.63) is 0 Å². The standard InChI is InChI=1S/C15H29N/c1-4-16-15(11(2)3)8-7-14-10-12-5-6-13(14)9-12/h11-16H,4-10H2,1-3H3. The Kier molecular flexibility index (Phi) is 4.29. The second kappa shape index (κ2) is 5.53. The van der Waals surface area contributed by atoms with Crippen LogP contribution in [0.4, 0.5) is 0 Å². The molecule has 0 amide bonds. The minimum atomic E-state index is 0.754. The Labute approximate surface area is 101 Å². The van der Waals surface area contributed by atoms with Crippen LogP contribution in [0.15, 0.2) is 0 Å². The Morgan fingerprint density at radius 3 is 2.50 bits per heavy atom. The molecule has 2 saturated carbocycles. The zero-order chi connectivity index (χ0) is 11.5. The van der Waals surface area contributed by atoms with E-state index < -0.39 is 0 Å². The maximum atomic E-state index is 3.65. The lowest BCUT2D eigenvalue weighted by Gasteiger charge is -2.26. The van der Waals surface area contributed by atoms with Crippen LogP contribution in [-0.2, 0) is 0 Å². The molecule has 0 heterocycles. The average Bonchev–Trinajstić information content (AvgIpc) is 2.85. The first kappa shape index (κ1) is 12.4.